The van der Waals surface area contributed by atoms with Crippen molar-refractivity contribution in [1.82, 2.24) is 19.8 Å². The average Bonchev–Trinajstić information content (AvgIpc) is 3.46. The van der Waals surface area contributed by atoms with E-state index in [1.807, 2.05) is 12.1 Å². The lowest BCUT2D eigenvalue weighted by Crippen LogP contribution is -2.46. The molecule has 2 amide bonds. The molecule has 2 atom stereocenters. The molecular formula is C27H23ClF2N4O3. The first-order chi connectivity index (χ1) is 17.7. The SMILES string of the molecule is CC(=O)c1cn(CC(=O)N2C[C@H](F)C[C@H]2C(=O)NCc2cccc(Cl)c2F)c2c1ccc1ncccc12. The smallest absolute Gasteiger partial charge is 0.243 e. The molecule has 2 aromatic carbocycles. The molecule has 1 saturated heterocycles. The largest absolute Gasteiger partial charge is 0.350 e. The molecule has 2 aromatic heterocycles. The molecule has 1 aliphatic heterocycles. The Kier molecular flexibility index (Phi) is 6.64. The number of carbonyl (C=O) groups is 3. The zero-order chi connectivity index (χ0) is 26.3. The number of likely N-dealkylation sites (tertiary alicyclic amines) is 1. The van der Waals surface area contributed by atoms with Crippen LogP contribution in [0.1, 0.15) is 29.3 Å². The van der Waals surface area contributed by atoms with Crippen LogP contribution in [-0.4, -0.2) is 50.8 Å². The number of nitrogens with one attached hydrogen (secondary N) is 1. The summed E-state index contributed by atoms with van der Waals surface area (Å²) in [5.41, 5.74) is 2.01. The summed E-state index contributed by atoms with van der Waals surface area (Å²) in [5.74, 6) is -1.85. The van der Waals surface area contributed by atoms with E-state index in [0.29, 0.717) is 22.0 Å². The van der Waals surface area contributed by atoms with Gasteiger partial charge in [-0.2, -0.15) is 0 Å². The van der Waals surface area contributed by atoms with Gasteiger partial charge < -0.3 is 14.8 Å². The van der Waals surface area contributed by atoms with Crippen LogP contribution in [0.2, 0.25) is 5.02 Å². The van der Waals surface area contributed by atoms with Gasteiger partial charge in [-0.25, -0.2) is 8.78 Å². The standard InChI is InChI=1S/C27H23ClF2N4O3/c1-15(35)20-13-33(26-18(20)7-8-22-19(26)5-3-9-31-22)14-24(36)34-12-17(29)10-23(34)27(37)32-11-16-4-2-6-21(28)25(16)30/h2-9,13,17,23H,10-12,14H2,1H3,(H,32,37)/t17-,23+/m1/s1. The quantitative estimate of drug-likeness (QED) is 0.378. The zero-order valence-electron chi connectivity index (χ0n) is 19.9. The summed E-state index contributed by atoms with van der Waals surface area (Å²) in [6.45, 7) is 0.871. The molecule has 0 radical (unpaired) electrons. The second-order valence-corrected chi connectivity index (χ2v) is 9.49. The minimum absolute atomic E-state index is 0.0696. The maximum atomic E-state index is 14.4. The van der Waals surface area contributed by atoms with E-state index in [0.717, 1.165) is 5.39 Å². The Balaban J connectivity index is 1.41. The van der Waals surface area contributed by atoms with Crippen molar-refractivity contribution in [2.75, 3.05) is 6.54 Å². The van der Waals surface area contributed by atoms with Gasteiger partial charge in [-0.15, -0.1) is 0 Å². The van der Waals surface area contributed by atoms with Crippen molar-refractivity contribution in [2.45, 2.75) is 38.6 Å². The van der Waals surface area contributed by atoms with Crippen molar-refractivity contribution in [1.29, 1.82) is 0 Å². The number of benzene rings is 2. The van der Waals surface area contributed by atoms with Crippen LogP contribution in [0, 0.1) is 5.82 Å². The van der Waals surface area contributed by atoms with Crippen molar-refractivity contribution in [3.63, 3.8) is 0 Å². The molecule has 1 aliphatic rings. The van der Waals surface area contributed by atoms with Crippen LogP contribution in [-0.2, 0) is 22.7 Å². The molecule has 0 spiro atoms. The molecule has 0 bridgehead atoms. The number of hydrogen-bond donors (Lipinski definition) is 1. The lowest BCUT2D eigenvalue weighted by atomic mass is 10.1. The molecule has 1 fully saturated rings. The number of amides is 2. The molecule has 37 heavy (non-hydrogen) atoms. The van der Waals surface area contributed by atoms with E-state index in [9.17, 15) is 23.2 Å². The third-order valence-electron chi connectivity index (χ3n) is 6.66. The number of alkyl halides is 1. The normalized spacial score (nSPS) is 17.5. The second-order valence-electron chi connectivity index (χ2n) is 9.08. The summed E-state index contributed by atoms with van der Waals surface area (Å²) in [6.07, 6.45) is 1.73. The van der Waals surface area contributed by atoms with Crippen LogP contribution in [0.15, 0.2) is 54.9 Å². The molecule has 4 aromatic rings. The number of halogens is 3. The fourth-order valence-corrected chi connectivity index (χ4v) is 5.08. The van der Waals surface area contributed by atoms with E-state index in [1.165, 1.54) is 24.0 Å². The van der Waals surface area contributed by atoms with Gasteiger partial charge in [-0.05, 0) is 37.3 Å². The highest BCUT2D eigenvalue weighted by Crippen LogP contribution is 2.30. The summed E-state index contributed by atoms with van der Waals surface area (Å²) in [4.78, 5) is 44.2. The second kappa shape index (κ2) is 9.89. The summed E-state index contributed by atoms with van der Waals surface area (Å²) >= 11 is 5.80. The topological polar surface area (TPSA) is 84.3 Å². The molecule has 10 heteroatoms. The predicted octanol–water partition coefficient (Wildman–Crippen LogP) is 4.44. The first-order valence-corrected chi connectivity index (χ1v) is 12.1. The van der Waals surface area contributed by atoms with Gasteiger partial charge in [-0.1, -0.05) is 23.7 Å². The molecule has 0 aliphatic carbocycles. The molecule has 7 nitrogen and oxygen atoms in total. The summed E-state index contributed by atoms with van der Waals surface area (Å²) < 4.78 is 30.3. The number of Topliss-reactive ketones (excluding diaryl/α,β-unsaturated/α-hetero) is 1. The number of hydrogen-bond acceptors (Lipinski definition) is 4. The number of fused-ring (bicyclic) bond motifs is 3. The average molecular weight is 525 g/mol. The van der Waals surface area contributed by atoms with Crippen LogP contribution >= 0.6 is 11.6 Å². The molecule has 0 unspecified atom stereocenters. The van der Waals surface area contributed by atoms with Crippen molar-refractivity contribution in [2.24, 2.45) is 0 Å². The van der Waals surface area contributed by atoms with Crippen molar-refractivity contribution < 1.29 is 23.2 Å². The summed E-state index contributed by atoms with van der Waals surface area (Å²) in [7, 11) is 0. The van der Waals surface area contributed by atoms with Crippen LogP contribution in [0.25, 0.3) is 21.8 Å². The minimum atomic E-state index is -1.37. The number of nitrogens with zero attached hydrogens (tertiary/aromatic N) is 3. The van der Waals surface area contributed by atoms with Gasteiger partial charge in [0.2, 0.25) is 11.8 Å². The van der Waals surface area contributed by atoms with E-state index < -0.39 is 29.8 Å². The van der Waals surface area contributed by atoms with Crippen molar-refractivity contribution >= 4 is 51.0 Å². The Bertz CT molecular complexity index is 1550. The van der Waals surface area contributed by atoms with E-state index in [-0.39, 0.29) is 42.4 Å². The van der Waals surface area contributed by atoms with Crippen LogP contribution in [0.5, 0.6) is 0 Å². The van der Waals surface area contributed by atoms with Gasteiger partial charge in [0.05, 0.1) is 22.6 Å². The Morgan fingerprint density at radius 1 is 1.14 bits per heavy atom. The van der Waals surface area contributed by atoms with Gasteiger partial charge in [0.15, 0.2) is 5.78 Å². The van der Waals surface area contributed by atoms with Gasteiger partial charge in [0.25, 0.3) is 0 Å². The van der Waals surface area contributed by atoms with Gasteiger partial charge >= 0.3 is 0 Å². The Morgan fingerprint density at radius 3 is 2.73 bits per heavy atom. The van der Waals surface area contributed by atoms with Crippen molar-refractivity contribution in [3.8, 4) is 0 Å². The Labute approximate surface area is 216 Å². The van der Waals surface area contributed by atoms with E-state index in [2.05, 4.69) is 10.3 Å². The van der Waals surface area contributed by atoms with E-state index >= 15 is 0 Å². The minimum Gasteiger partial charge on any atom is -0.350 e. The number of aromatic nitrogens is 2. The maximum Gasteiger partial charge on any atom is 0.243 e. The van der Waals surface area contributed by atoms with E-state index in [1.54, 1.807) is 35.2 Å². The molecule has 5 rings (SSSR count). The Hall–Kier alpha value is -3.85. The fourth-order valence-electron chi connectivity index (χ4n) is 4.89. The molecular weight excluding hydrogens is 502 g/mol. The lowest BCUT2D eigenvalue weighted by Gasteiger charge is -2.24. The number of carbonyl (C=O) groups excluding carboxylic acids is 3. The lowest BCUT2D eigenvalue weighted by molar-refractivity contribution is -0.139. The maximum absolute atomic E-state index is 14.4. The third kappa shape index (κ3) is 4.67. The Morgan fingerprint density at radius 2 is 1.95 bits per heavy atom. The third-order valence-corrected chi connectivity index (χ3v) is 6.95. The summed E-state index contributed by atoms with van der Waals surface area (Å²) in [5, 5.41) is 3.97. The van der Waals surface area contributed by atoms with Gasteiger partial charge in [0.1, 0.15) is 24.6 Å². The monoisotopic (exact) mass is 524 g/mol. The highest BCUT2D eigenvalue weighted by molar-refractivity contribution is 6.30. The molecule has 3 heterocycles. The van der Waals surface area contributed by atoms with Gasteiger partial charge in [0, 0.05) is 47.3 Å². The zero-order valence-corrected chi connectivity index (χ0v) is 20.6. The highest BCUT2D eigenvalue weighted by atomic mass is 35.5. The highest BCUT2D eigenvalue weighted by Gasteiger charge is 2.39. The van der Waals surface area contributed by atoms with E-state index in [4.69, 9.17) is 11.6 Å². The van der Waals surface area contributed by atoms with Crippen molar-refractivity contribution in [3.05, 3.63) is 76.8 Å². The van der Waals surface area contributed by atoms with Crippen LogP contribution in [0.3, 0.4) is 0 Å². The molecule has 1 N–H and O–H groups in total. The number of rotatable bonds is 6. The van der Waals surface area contributed by atoms with Crippen LogP contribution in [0.4, 0.5) is 8.78 Å². The molecule has 190 valence electrons. The summed E-state index contributed by atoms with van der Waals surface area (Å²) in [6, 6.07) is 10.6. The molecule has 0 saturated carbocycles. The fraction of sp³-hybridized carbons (Fsp3) is 0.259. The predicted molar refractivity (Wildman–Crippen MR) is 136 cm³/mol. The first-order valence-electron chi connectivity index (χ1n) is 11.8. The van der Waals surface area contributed by atoms with Crippen LogP contribution < -0.4 is 5.32 Å². The van der Waals surface area contributed by atoms with Gasteiger partial charge in [-0.3, -0.25) is 19.4 Å². The number of ketones is 1. The number of pyridine rings is 1. The first kappa shape index (κ1) is 24.8.